The van der Waals surface area contributed by atoms with E-state index >= 15 is 0 Å². The highest BCUT2D eigenvalue weighted by molar-refractivity contribution is 5.77. The minimum Gasteiger partial charge on any atom is -0.494 e. The van der Waals surface area contributed by atoms with Crippen molar-refractivity contribution in [3.05, 3.63) is 18.2 Å². The zero-order chi connectivity index (χ0) is 10.6. The Morgan fingerprint density at radius 1 is 1.43 bits per heavy atom. The lowest BCUT2D eigenvalue weighted by atomic mass is 10.2. The monoisotopic (exact) mass is 194 g/mol. The summed E-state index contributed by atoms with van der Waals surface area (Å²) < 4.78 is 5.14. The minimum absolute atomic E-state index is 0.632. The third-order valence-electron chi connectivity index (χ3n) is 1.92. The van der Waals surface area contributed by atoms with E-state index in [9.17, 15) is 4.79 Å². The van der Waals surface area contributed by atoms with Gasteiger partial charge in [0.25, 0.3) is 0 Å². The first kappa shape index (κ1) is 10.4. The number of methoxy groups -OCH3 is 1. The molecule has 1 rings (SSSR count). The Morgan fingerprint density at radius 3 is 2.64 bits per heavy atom. The first-order valence-corrected chi connectivity index (χ1v) is 4.24. The fourth-order valence-electron chi connectivity index (χ4n) is 1.14. The van der Waals surface area contributed by atoms with Crippen LogP contribution < -0.4 is 15.0 Å². The van der Waals surface area contributed by atoms with Crippen molar-refractivity contribution in [2.75, 3.05) is 31.4 Å². The largest absolute Gasteiger partial charge is 0.494 e. The lowest BCUT2D eigenvalue weighted by Crippen LogP contribution is -2.09. The zero-order valence-electron chi connectivity index (χ0n) is 8.57. The van der Waals surface area contributed by atoms with Crippen molar-refractivity contribution >= 4 is 17.8 Å². The smallest absolute Gasteiger partial charge is 0.211 e. The molecule has 1 N–H and O–H groups in total. The van der Waals surface area contributed by atoms with Gasteiger partial charge in [-0.25, -0.2) is 0 Å². The Kier molecular flexibility index (Phi) is 3.34. The molecule has 0 spiro atoms. The van der Waals surface area contributed by atoms with Crippen LogP contribution in [-0.2, 0) is 4.79 Å². The molecule has 0 aliphatic heterocycles. The van der Waals surface area contributed by atoms with Crippen LogP contribution in [-0.4, -0.2) is 27.6 Å². The molecular formula is C10H14N2O2. The highest BCUT2D eigenvalue weighted by Gasteiger charge is 2.04. The van der Waals surface area contributed by atoms with E-state index in [2.05, 4.69) is 5.32 Å². The predicted octanol–water partition coefficient (Wildman–Crippen LogP) is 1.33. The molecule has 76 valence electrons. The summed E-state index contributed by atoms with van der Waals surface area (Å²) in [7, 11) is 5.47. The summed E-state index contributed by atoms with van der Waals surface area (Å²) in [6.07, 6.45) is 0.632. The second-order valence-electron chi connectivity index (χ2n) is 3.04. The summed E-state index contributed by atoms with van der Waals surface area (Å²) in [4.78, 5) is 12.2. The van der Waals surface area contributed by atoms with Gasteiger partial charge in [0, 0.05) is 25.8 Å². The topological polar surface area (TPSA) is 41.6 Å². The number of nitrogens with zero attached hydrogens (tertiary/aromatic N) is 1. The Hall–Kier alpha value is -1.71. The van der Waals surface area contributed by atoms with Gasteiger partial charge in [-0.2, -0.15) is 0 Å². The number of rotatable bonds is 4. The molecule has 1 amide bonds. The Morgan fingerprint density at radius 2 is 2.14 bits per heavy atom. The van der Waals surface area contributed by atoms with E-state index in [-0.39, 0.29) is 0 Å². The molecule has 14 heavy (non-hydrogen) atoms. The molecule has 0 aliphatic rings. The maximum Gasteiger partial charge on any atom is 0.211 e. The van der Waals surface area contributed by atoms with Crippen molar-refractivity contribution in [3.8, 4) is 5.75 Å². The van der Waals surface area contributed by atoms with Gasteiger partial charge < -0.3 is 15.0 Å². The predicted molar refractivity (Wildman–Crippen MR) is 57.0 cm³/mol. The summed E-state index contributed by atoms with van der Waals surface area (Å²) in [5.41, 5.74) is 1.70. The number of amides is 1. The fraction of sp³-hybridized carbons (Fsp3) is 0.300. The lowest BCUT2D eigenvalue weighted by Gasteiger charge is -2.15. The molecule has 0 radical (unpaired) electrons. The van der Waals surface area contributed by atoms with E-state index in [4.69, 9.17) is 4.74 Å². The third kappa shape index (κ3) is 2.16. The third-order valence-corrected chi connectivity index (χ3v) is 1.92. The van der Waals surface area contributed by atoms with E-state index in [1.807, 2.05) is 37.2 Å². The van der Waals surface area contributed by atoms with E-state index in [1.165, 1.54) is 0 Å². The highest BCUT2D eigenvalue weighted by atomic mass is 16.5. The van der Waals surface area contributed by atoms with Gasteiger partial charge in [-0.3, -0.25) is 4.79 Å². The van der Waals surface area contributed by atoms with Crippen molar-refractivity contribution in [1.29, 1.82) is 0 Å². The van der Waals surface area contributed by atoms with Crippen molar-refractivity contribution in [3.63, 3.8) is 0 Å². The van der Waals surface area contributed by atoms with Crippen LogP contribution in [0, 0.1) is 0 Å². The van der Waals surface area contributed by atoms with Gasteiger partial charge in [0.15, 0.2) is 0 Å². The molecule has 4 nitrogen and oxygen atoms in total. The molecule has 0 saturated carbocycles. The average molecular weight is 194 g/mol. The van der Waals surface area contributed by atoms with Gasteiger partial charge in [-0.15, -0.1) is 0 Å². The summed E-state index contributed by atoms with van der Waals surface area (Å²) in [6, 6.07) is 5.59. The first-order valence-electron chi connectivity index (χ1n) is 4.24. The molecule has 1 aromatic rings. The second kappa shape index (κ2) is 4.50. The minimum atomic E-state index is 0.632. The second-order valence-corrected chi connectivity index (χ2v) is 3.04. The molecule has 0 heterocycles. The number of hydrogen-bond acceptors (Lipinski definition) is 3. The van der Waals surface area contributed by atoms with Crippen molar-refractivity contribution in [2.45, 2.75) is 0 Å². The Balaban J connectivity index is 3.04. The van der Waals surface area contributed by atoms with Gasteiger partial charge in [-0.05, 0) is 12.1 Å². The van der Waals surface area contributed by atoms with Gasteiger partial charge >= 0.3 is 0 Å². The normalized spacial score (nSPS) is 9.36. The zero-order valence-corrected chi connectivity index (χ0v) is 8.57. The van der Waals surface area contributed by atoms with E-state index in [0.29, 0.717) is 17.8 Å². The van der Waals surface area contributed by atoms with Gasteiger partial charge in [0.05, 0.1) is 12.8 Å². The molecule has 0 bridgehead atoms. The quantitative estimate of drug-likeness (QED) is 0.735. The molecule has 0 atom stereocenters. The maximum atomic E-state index is 10.3. The molecule has 0 saturated heterocycles. The van der Waals surface area contributed by atoms with Crippen LogP contribution >= 0.6 is 0 Å². The summed E-state index contributed by atoms with van der Waals surface area (Å²) in [5.74, 6) is 0.656. The van der Waals surface area contributed by atoms with Crippen molar-refractivity contribution in [1.82, 2.24) is 0 Å². The molecule has 0 fully saturated rings. The maximum absolute atomic E-state index is 10.3. The van der Waals surface area contributed by atoms with Crippen LogP contribution in [0.25, 0.3) is 0 Å². The molecule has 1 aromatic carbocycles. The molecule has 4 heteroatoms. The summed E-state index contributed by atoms with van der Waals surface area (Å²) in [5, 5.41) is 2.57. The van der Waals surface area contributed by atoms with Crippen LogP contribution in [0.3, 0.4) is 0 Å². The van der Waals surface area contributed by atoms with Crippen molar-refractivity contribution in [2.24, 2.45) is 0 Å². The molecule has 0 aliphatic carbocycles. The number of anilines is 2. The Labute approximate surface area is 83.5 Å². The summed E-state index contributed by atoms with van der Waals surface area (Å²) >= 11 is 0. The van der Waals surface area contributed by atoms with Gasteiger partial charge in [-0.1, -0.05) is 0 Å². The number of ether oxygens (including phenoxy) is 1. The average Bonchev–Trinajstić information content (AvgIpc) is 2.18. The number of hydrogen-bond donors (Lipinski definition) is 1. The molecular weight excluding hydrogens is 180 g/mol. The van der Waals surface area contributed by atoms with Crippen LogP contribution in [0.15, 0.2) is 18.2 Å². The van der Waals surface area contributed by atoms with Crippen molar-refractivity contribution < 1.29 is 9.53 Å². The van der Waals surface area contributed by atoms with E-state index in [0.717, 1.165) is 5.69 Å². The molecule has 0 aromatic heterocycles. The Bertz CT molecular complexity index is 324. The summed E-state index contributed by atoms with van der Waals surface area (Å²) in [6.45, 7) is 0. The molecule has 0 unspecified atom stereocenters. The number of carbonyl (C=O) groups is 1. The van der Waals surface area contributed by atoms with Gasteiger partial charge in [0.1, 0.15) is 5.75 Å². The first-order chi connectivity index (χ1) is 6.69. The SMILES string of the molecule is COc1cc(N(C)C)ccc1NC=O. The number of nitrogens with one attached hydrogen (secondary N) is 1. The standard InChI is InChI=1S/C10H14N2O2/c1-12(2)8-4-5-9(11-7-13)10(6-8)14-3/h4-7H,1-3H3,(H,11,13). The highest BCUT2D eigenvalue weighted by Crippen LogP contribution is 2.28. The van der Waals surface area contributed by atoms with Crippen LogP contribution in [0.2, 0.25) is 0 Å². The van der Waals surface area contributed by atoms with E-state index in [1.54, 1.807) is 7.11 Å². The van der Waals surface area contributed by atoms with Gasteiger partial charge in [0.2, 0.25) is 6.41 Å². The fourth-order valence-corrected chi connectivity index (χ4v) is 1.14. The van der Waals surface area contributed by atoms with Crippen LogP contribution in [0.5, 0.6) is 5.75 Å². The van der Waals surface area contributed by atoms with Crippen LogP contribution in [0.1, 0.15) is 0 Å². The van der Waals surface area contributed by atoms with Crippen LogP contribution in [0.4, 0.5) is 11.4 Å². The number of benzene rings is 1. The number of carbonyl (C=O) groups excluding carboxylic acids is 1. The van der Waals surface area contributed by atoms with E-state index < -0.39 is 0 Å². The lowest BCUT2D eigenvalue weighted by molar-refractivity contribution is -0.105.